The summed E-state index contributed by atoms with van der Waals surface area (Å²) in [5.41, 5.74) is 14.3. The fraction of sp³-hybridized carbons (Fsp3) is 0.267. The first-order chi connectivity index (χ1) is 9.75. The lowest BCUT2D eigenvalue weighted by molar-refractivity contribution is 0.0963. The molecule has 1 amide bonds. The van der Waals surface area contributed by atoms with Crippen LogP contribution in [0.15, 0.2) is 30.3 Å². The molecule has 1 aromatic heterocycles. The van der Waals surface area contributed by atoms with Crippen molar-refractivity contribution in [3.05, 3.63) is 46.3 Å². The zero-order valence-corrected chi connectivity index (χ0v) is 11.9. The Bertz CT molecular complexity index is 622. The summed E-state index contributed by atoms with van der Waals surface area (Å²) in [6.07, 6.45) is 4.33. The summed E-state index contributed by atoms with van der Waals surface area (Å²) in [4.78, 5) is 13.6. The Labute approximate surface area is 122 Å². The van der Waals surface area contributed by atoms with Crippen molar-refractivity contribution in [2.45, 2.75) is 25.7 Å². The molecule has 0 saturated carbocycles. The first kappa shape index (κ1) is 13.0. The van der Waals surface area contributed by atoms with Gasteiger partial charge in [0.2, 0.25) is 0 Å². The molecule has 1 aliphatic rings. The smallest absolute Gasteiger partial charge is 0.272 e. The second-order valence-electron chi connectivity index (χ2n) is 4.90. The number of hydrogen-bond acceptors (Lipinski definition) is 4. The topological polar surface area (TPSA) is 67.2 Å². The third-order valence-electron chi connectivity index (χ3n) is 3.52. The van der Waals surface area contributed by atoms with Crippen LogP contribution in [0, 0.1) is 0 Å². The number of nitrogen functional groups attached to an aromatic ring is 1. The highest BCUT2D eigenvalue weighted by Gasteiger charge is 2.23. The fourth-order valence-electron chi connectivity index (χ4n) is 2.55. The lowest BCUT2D eigenvalue weighted by Crippen LogP contribution is -2.30. The molecule has 0 bridgehead atoms. The second-order valence-corrected chi connectivity index (χ2v) is 6.03. The number of aryl methyl sites for hydroxylation is 1. The molecule has 5 heteroatoms. The molecule has 4 nitrogen and oxygen atoms in total. The number of benzene rings is 1. The summed E-state index contributed by atoms with van der Waals surface area (Å²) in [7, 11) is 0. The van der Waals surface area contributed by atoms with Crippen molar-refractivity contribution < 1.29 is 4.79 Å². The van der Waals surface area contributed by atoms with E-state index in [1.165, 1.54) is 11.3 Å². The van der Waals surface area contributed by atoms with Gasteiger partial charge in [-0.1, -0.05) is 18.2 Å². The van der Waals surface area contributed by atoms with E-state index in [0.717, 1.165) is 30.5 Å². The molecule has 4 N–H and O–H groups in total. The van der Waals surface area contributed by atoms with Crippen LogP contribution < -0.4 is 16.6 Å². The van der Waals surface area contributed by atoms with Crippen LogP contribution in [-0.2, 0) is 12.8 Å². The quantitative estimate of drug-likeness (QED) is 0.760. The monoisotopic (exact) mass is 287 g/mol. The van der Waals surface area contributed by atoms with Crippen LogP contribution >= 0.6 is 11.3 Å². The molecule has 0 atom stereocenters. The third kappa shape index (κ3) is 2.49. The zero-order valence-electron chi connectivity index (χ0n) is 11.1. The Hall–Kier alpha value is -2.01. The molecule has 0 aliphatic heterocycles. The molecule has 0 radical (unpaired) electrons. The van der Waals surface area contributed by atoms with Gasteiger partial charge in [-0.15, -0.1) is 11.3 Å². The van der Waals surface area contributed by atoms with E-state index in [4.69, 9.17) is 5.73 Å². The van der Waals surface area contributed by atoms with Crippen LogP contribution in [0.5, 0.6) is 0 Å². The summed E-state index contributed by atoms with van der Waals surface area (Å²) < 4.78 is 0. The fourth-order valence-corrected chi connectivity index (χ4v) is 3.71. The number of nitrogens with one attached hydrogen (secondary N) is 2. The van der Waals surface area contributed by atoms with E-state index in [-0.39, 0.29) is 5.91 Å². The summed E-state index contributed by atoms with van der Waals surface area (Å²) >= 11 is 1.56. The number of para-hydroxylation sites is 1. The minimum Gasteiger partial charge on any atom is -0.390 e. The zero-order chi connectivity index (χ0) is 13.9. The Morgan fingerprint density at radius 1 is 1.15 bits per heavy atom. The molecule has 3 rings (SSSR count). The van der Waals surface area contributed by atoms with Gasteiger partial charge < -0.3 is 5.73 Å². The standard InChI is InChI=1S/C15H17N3OS/c16-14-13(11-8-4-5-9-12(11)20-14)15(19)18-17-10-6-2-1-3-7-10/h1-3,6-7,17H,4-5,8-9,16H2,(H,18,19). The molecule has 20 heavy (non-hydrogen) atoms. The third-order valence-corrected chi connectivity index (χ3v) is 4.64. The summed E-state index contributed by atoms with van der Waals surface area (Å²) in [6, 6.07) is 9.55. The Kier molecular flexibility index (Phi) is 3.60. The minimum atomic E-state index is -0.147. The number of fused-ring (bicyclic) bond motifs is 1. The number of amides is 1. The van der Waals surface area contributed by atoms with Gasteiger partial charge >= 0.3 is 0 Å². The van der Waals surface area contributed by atoms with Gasteiger partial charge in [-0.3, -0.25) is 15.6 Å². The van der Waals surface area contributed by atoms with Gasteiger partial charge in [0.1, 0.15) is 0 Å². The molecule has 0 fully saturated rings. The summed E-state index contributed by atoms with van der Waals surface area (Å²) in [5.74, 6) is -0.147. The maximum absolute atomic E-state index is 12.3. The molecule has 0 spiro atoms. The van der Waals surface area contributed by atoms with E-state index in [2.05, 4.69) is 10.9 Å². The van der Waals surface area contributed by atoms with Crippen LogP contribution in [0.25, 0.3) is 0 Å². The first-order valence-corrected chi connectivity index (χ1v) is 7.59. The van der Waals surface area contributed by atoms with Crippen LogP contribution in [0.2, 0.25) is 0 Å². The van der Waals surface area contributed by atoms with E-state index in [0.29, 0.717) is 10.6 Å². The van der Waals surface area contributed by atoms with Gasteiger partial charge in [0.25, 0.3) is 5.91 Å². The number of nitrogens with two attached hydrogens (primary N) is 1. The Balaban J connectivity index is 1.76. The summed E-state index contributed by atoms with van der Waals surface area (Å²) in [5, 5.41) is 0.629. The normalized spacial score (nSPS) is 13.6. The molecule has 1 heterocycles. The molecule has 2 aromatic rings. The van der Waals surface area contributed by atoms with E-state index >= 15 is 0 Å². The van der Waals surface area contributed by atoms with E-state index < -0.39 is 0 Å². The molecular formula is C15H17N3OS. The van der Waals surface area contributed by atoms with Gasteiger partial charge in [-0.05, 0) is 43.4 Å². The second kappa shape index (κ2) is 5.54. The number of carbonyl (C=O) groups excluding carboxylic acids is 1. The largest absolute Gasteiger partial charge is 0.390 e. The molecule has 1 aliphatic carbocycles. The van der Waals surface area contributed by atoms with E-state index in [1.807, 2.05) is 30.3 Å². The average molecular weight is 287 g/mol. The number of anilines is 2. The number of hydrazine groups is 1. The van der Waals surface area contributed by atoms with Gasteiger partial charge in [-0.25, -0.2) is 0 Å². The maximum atomic E-state index is 12.3. The molecule has 0 unspecified atom stereocenters. The van der Waals surface area contributed by atoms with Crippen molar-refractivity contribution in [2.24, 2.45) is 0 Å². The van der Waals surface area contributed by atoms with Crippen molar-refractivity contribution in [3.63, 3.8) is 0 Å². The van der Waals surface area contributed by atoms with Crippen molar-refractivity contribution in [1.82, 2.24) is 5.43 Å². The predicted molar refractivity (Wildman–Crippen MR) is 82.9 cm³/mol. The lowest BCUT2D eigenvalue weighted by atomic mass is 9.95. The highest BCUT2D eigenvalue weighted by atomic mass is 32.1. The van der Waals surface area contributed by atoms with Crippen molar-refractivity contribution in [2.75, 3.05) is 11.2 Å². The Morgan fingerprint density at radius 3 is 2.70 bits per heavy atom. The number of thiophene rings is 1. The van der Waals surface area contributed by atoms with Gasteiger partial charge in [-0.2, -0.15) is 0 Å². The van der Waals surface area contributed by atoms with Crippen LogP contribution in [0.4, 0.5) is 10.7 Å². The van der Waals surface area contributed by atoms with Crippen molar-refractivity contribution in [1.29, 1.82) is 0 Å². The molecule has 104 valence electrons. The average Bonchev–Trinajstić information content (AvgIpc) is 2.82. The lowest BCUT2D eigenvalue weighted by Gasteiger charge is -2.13. The van der Waals surface area contributed by atoms with Gasteiger partial charge in [0, 0.05) is 4.88 Å². The highest BCUT2D eigenvalue weighted by Crippen LogP contribution is 2.36. The summed E-state index contributed by atoms with van der Waals surface area (Å²) in [6.45, 7) is 0. The molecular weight excluding hydrogens is 270 g/mol. The van der Waals surface area contributed by atoms with Crippen LogP contribution in [-0.4, -0.2) is 5.91 Å². The highest BCUT2D eigenvalue weighted by molar-refractivity contribution is 7.16. The SMILES string of the molecule is Nc1sc2c(c1C(=O)NNc1ccccc1)CCCC2. The number of carbonyl (C=O) groups is 1. The van der Waals surface area contributed by atoms with Crippen molar-refractivity contribution in [3.8, 4) is 0 Å². The van der Waals surface area contributed by atoms with Gasteiger partial charge in [0.15, 0.2) is 0 Å². The van der Waals surface area contributed by atoms with E-state index in [9.17, 15) is 4.79 Å². The van der Waals surface area contributed by atoms with Gasteiger partial charge in [0.05, 0.1) is 16.3 Å². The van der Waals surface area contributed by atoms with Crippen LogP contribution in [0.3, 0.4) is 0 Å². The number of hydrogen-bond donors (Lipinski definition) is 3. The van der Waals surface area contributed by atoms with Crippen LogP contribution in [0.1, 0.15) is 33.6 Å². The Morgan fingerprint density at radius 2 is 1.90 bits per heavy atom. The van der Waals surface area contributed by atoms with Crippen molar-refractivity contribution >= 4 is 27.9 Å². The maximum Gasteiger partial charge on any atom is 0.272 e. The first-order valence-electron chi connectivity index (χ1n) is 6.77. The minimum absolute atomic E-state index is 0.147. The van der Waals surface area contributed by atoms with E-state index in [1.54, 1.807) is 11.3 Å². The predicted octanol–water partition coefficient (Wildman–Crippen LogP) is 2.97. The number of rotatable bonds is 3. The molecule has 1 aromatic carbocycles. The molecule has 0 saturated heterocycles.